The van der Waals surface area contributed by atoms with Gasteiger partial charge in [0.2, 0.25) is 5.91 Å². The van der Waals surface area contributed by atoms with Crippen molar-refractivity contribution in [3.63, 3.8) is 0 Å². The van der Waals surface area contributed by atoms with Crippen LogP contribution in [0, 0.1) is 0 Å². The maximum atomic E-state index is 12.3. The van der Waals surface area contributed by atoms with Gasteiger partial charge in [0.25, 0.3) is 0 Å². The first kappa shape index (κ1) is 16.7. The van der Waals surface area contributed by atoms with E-state index in [-0.39, 0.29) is 23.5 Å². The van der Waals surface area contributed by atoms with E-state index in [0.29, 0.717) is 18.9 Å². The van der Waals surface area contributed by atoms with Crippen LogP contribution in [0.1, 0.15) is 45.4 Å². The molecule has 2 saturated heterocycles. The molecule has 0 spiro atoms. The fourth-order valence-electron chi connectivity index (χ4n) is 3.52. The standard InChI is InChI=1S/C15H28N2O3S/c1-3-13-6-4-5-9-17(13)10-7-15(18)16(2)14-8-11-21(19,20)12-14/h13-14H,3-12H2,1-2H3. The van der Waals surface area contributed by atoms with Crippen LogP contribution in [0.15, 0.2) is 0 Å². The lowest BCUT2D eigenvalue weighted by atomic mass is 10.00. The Morgan fingerprint density at radius 3 is 2.67 bits per heavy atom. The smallest absolute Gasteiger partial charge is 0.223 e. The maximum absolute atomic E-state index is 12.3. The first-order chi connectivity index (χ1) is 9.93. The summed E-state index contributed by atoms with van der Waals surface area (Å²) < 4.78 is 23.0. The third-order valence-corrected chi connectivity index (χ3v) is 6.73. The summed E-state index contributed by atoms with van der Waals surface area (Å²) in [6.45, 7) is 4.11. The van der Waals surface area contributed by atoms with Crippen LogP contribution in [0.3, 0.4) is 0 Å². The Morgan fingerprint density at radius 2 is 2.05 bits per heavy atom. The second kappa shape index (κ2) is 7.09. The summed E-state index contributed by atoms with van der Waals surface area (Å²) in [6.07, 6.45) is 5.99. The number of likely N-dealkylation sites (tertiary alicyclic amines) is 1. The lowest BCUT2D eigenvalue weighted by Crippen LogP contribution is -2.43. The molecule has 1 amide bonds. The minimum atomic E-state index is -2.93. The molecule has 0 radical (unpaired) electrons. The fourth-order valence-corrected chi connectivity index (χ4v) is 5.29. The predicted octanol–water partition coefficient (Wildman–Crippen LogP) is 1.29. The number of hydrogen-bond acceptors (Lipinski definition) is 4. The molecule has 0 aliphatic carbocycles. The van der Waals surface area contributed by atoms with Crippen LogP contribution in [0.5, 0.6) is 0 Å². The summed E-state index contributed by atoms with van der Waals surface area (Å²) in [6, 6.07) is 0.495. The van der Waals surface area contributed by atoms with Gasteiger partial charge in [-0.3, -0.25) is 9.69 Å². The number of piperidine rings is 1. The third kappa shape index (κ3) is 4.42. The van der Waals surface area contributed by atoms with Crippen molar-refractivity contribution >= 4 is 15.7 Å². The topological polar surface area (TPSA) is 57.7 Å². The normalized spacial score (nSPS) is 29.4. The molecular formula is C15H28N2O3S. The van der Waals surface area contributed by atoms with E-state index in [1.807, 2.05) is 0 Å². The molecule has 0 saturated carbocycles. The van der Waals surface area contributed by atoms with Crippen LogP contribution >= 0.6 is 0 Å². The SMILES string of the molecule is CCC1CCCCN1CCC(=O)N(C)C1CCS(=O)(=O)C1. The van der Waals surface area contributed by atoms with E-state index in [9.17, 15) is 13.2 Å². The number of hydrogen-bond donors (Lipinski definition) is 0. The Balaban J connectivity index is 1.81. The van der Waals surface area contributed by atoms with E-state index in [0.717, 1.165) is 19.5 Å². The zero-order valence-corrected chi connectivity index (χ0v) is 14.1. The van der Waals surface area contributed by atoms with E-state index in [4.69, 9.17) is 0 Å². The molecule has 2 rings (SSSR count). The van der Waals surface area contributed by atoms with Crippen molar-refractivity contribution in [3.8, 4) is 0 Å². The predicted molar refractivity (Wildman–Crippen MR) is 83.9 cm³/mol. The monoisotopic (exact) mass is 316 g/mol. The summed E-state index contributed by atoms with van der Waals surface area (Å²) >= 11 is 0. The van der Waals surface area contributed by atoms with Crippen LogP contribution in [0.2, 0.25) is 0 Å². The zero-order chi connectivity index (χ0) is 15.5. The average Bonchev–Trinajstić information content (AvgIpc) is 2.84. The van der Waals surface area contributed by atoms with E-state index in [1.54, 1.807) is 11.9 Å². The second-order valence-electron chi connectivity index (χ2n) is 6.41. The van der Waals surface area contributed by atoms with E-state index < -0.39 is 9.84 Å². The molecule has 2 heterocycles. The van der Waals surface area contributed by atoms with Crippen LogP contribution in [0.4, 0.5) is 0 Å². The van der Waals surface area contributed by atoms with Gasteiger partial charge in [-0.15, -0.1) is 0 Å². The third-order valence-electron chi connectivity index (χ3n) is 4.98. The molecule has 2 aliphatic heterocycles. The van der Waals surface area contributed by atoms with Crippen LogP contribution in [-0.4, -0.2) is 67.9 Å². The number of carbonyl (C=O) groups excluding carboxylic acids is 1. The molecular weight excluding hydrogens is 288 g/mol. The molecule has 6 heteroatoms. The largest absolute Gasteiger partial charge is 0.342 e. The summed E-state index contributed by atoms with van der Waals surface area (Å²) in [4.78, 5) is 16.4. The molecule has 2 atom stereocenters. The molecule has 0 aromatic heterocycles. The van der Waals surface area contributed by atoms with Crippen molar-refractivity contribution in [2.24, 2.45) is 0 Å². The van der Waals surface area contributed by atoms with Gasteiger partial charge in [0.15, 0.2) is 9.84 Å². The van der Waals surface area contributed by atoms with Gasteiger partial charge in [0.05, 0.1) is 11.5 Å². The molecule has 0 bridgehead atoms. The highest BCUT2D eigenvalue weighted by Crippen LogP contribution is 2.21. The summed E-state index contributed by atoms with van der Waals surface area (Å²) in [7, 11) is -1.18. The number of carbonyl (C=O) groups is 1. The lowest BCUT2D eigenvalue weighted by molar-refractivity contribution is -0.132. The summed E-state index contributed by atoms with van der Waals surface area (Å²) in [5.74, 6) is 0.438. The summed E-state index contributed by atoms with van der Waals surface area (Å²) in [5, 5.41) is 0. The number of sulfone groups is 1. The Bertz CT molecular complexity index is 464. The van der Waals surface area contributed by atoms with Gasteiger partial charge in [0, 0.05) is 32.1 Å². The van der Waals surface area contributed by atoms with Crippen molar-refractivity contribution in [1.29, 1.82) is 0 Å². The van der Waals surface area contributed by atoms with Gasteiger partial charge in [-0.2, -0.15) is 0 Å². The molecule has 2 fully saturated rings. The Labute approximate surface area is 128 Å². The molecule has 2 unspecified atom stereocenters. The van der Waals surface area contributed by atoms with Crippen molar-refractivity contribution in [2.75, 3.05) is 31.6 Å². The van der Waals surface area contributed by atoms with Crippen molar-refractivity contribution in [2.45, 2.75) is 57.5 Å². The first-order valence-corrected chi connectivity index (χ1v) is 9.95. The van der Waals surface area contributed by atoms with E-state index in [2.05, 4.69) is 11.8 Å². The van der Waals surface area contributed by atoms with Gasteiger partial charge in [0.1, 0.15) is 0 Å². The highest BCUT2D eigenvalue weighted by Gasteiger charge is 2.32. The van der Waals surface area contributed by atoms with Crippen molar-refractivity contribution in [3.05, 3.63) is 0 Å². The van der Waals surface area contributed by atoms with Crippen LogP contribution < -0.4 is 0 Å². The van der Waals surface area contributed by atoms with Gasteiger partial charge >= 0.3 is 0 Å². The Morgan fingerprint density at radius 1 is 1.29 bits per heavy atom. The average molecular weight is 316 g/mol. The van der Waals surface area contributed by atoms with Gasteiger partial charge in [-0.25, -0.2) is 8.42 Å². The molecule has 21 heavy (non-hydrogen) atoms. The van der Waals surface area contributed by atoms with Gasteiger partial charge in [-0.05, 0) is 32.2 Å². The van der Waals surface area contributed by atoms with E-state index in [1.165, 1.54) is 19.3 Å². The minimum Gasteiger partial charge on any atom is -0.342 e. The Hall–Kier alpha value is -0.620. The fraction of sp³-hybridized carbons (Fsp3) is 0.933. The zero-order valence-electron chi connectivity index (χ0n) is 13.3. The quantitative estimate of drug-likeness (QED) is 0.767. The highest BCUT2D eigenvalue weighted by atomic mass is 32.2. The minimum absolute atomic E-state index is 0.0810. The second-order valence-corrected chi connectivity index (χ2v) is 8.63. The van der Waals surface area contributed by atoms with Crippen LogP contribution in [-0.2, 0) is 14.6 Å². The van der Waals surface area contributed by atoms with E-state index >= 15 is 0 Å². The number of nitrogens with zero attached hydrogens (tertiary/aromatic N) is 2. The van der Waals surface area contributed by atoms with Crippen molar-refractivity contribution < 1.29 is 13.2 Å². The molecule has 2 aliphatic rings. The van der Waals surface area contributed by atoms with Gasteiger partial charge in [-0.1, -0.05) is 13.3 Å². The Kier molecular flexibility index (Phi) is 5.66. The molecule has 0 aromatic carbocycles. The number of amides is 1. The van der Waals surface area contributed by atoms with Crippen LogP contribution in [0.25, 0.3) is 0 Å². The summed E-state index contributed by atoms with van der Waals surface area (Å²) in [5.41, 5.74) is 0. The maximum Gasteiger partial charge on any atom is 0.223 e. The van der Waals surface area contributed by atoms with Gasteiger partial charge < -0.3 is 4.90 Å². The van der Waals surface area contributed by atoms with Crippen molar-refractivity contribution in [1.82, 2.24) is 9.80 Å². The molecule has 5 nitrogen and oxygen atoms in total. The number of rotatable bonds is 5. The first-order valence-electron chi connectivity index (χ1n) is 8.13. The molecule has 0 N–H and O–H groups in total. The highest BCUT2D eigenvalue weighted by molar-refractivity contribution is 7.91. The lowest BCUT2D eigenvalue weighted by Gasteiger charge is -2.35. The molecule has 0 aromatic rings. The molecule has 122 valence electrons.